The van der Waals surface area contributed by atoms with E-state index >= 15 is 0 Å². The number of halogens is 5. The van der Waals surface area contributed by atoms with Crippen LogP contribution < -0.4 is 9.31 Å². The molecule has 1 heterocycles. The Labute approximate surface area is 108 Å². The minimum atomic E-state index is -2.34. The lowest BCUT2D eigenvalue weighted by Gasteiger charge is -2.11. The van der Waals surface area contributed by atoms with E-state index in [-0.39, 0.29) is 6.01 Å². The fourth-order valence-corrected chi connectivity index (χ4v) is 1.22. The largest absolute Gasteiger partial charge is 0.787 e. The fraction of sp³-hybridized carbons (Fsp3) is 0. The van der Waals surface area contributed by atoms with Crippen LogP contribution in [0.3, 0.4) is 0 Å². The summed E-state index contributed by atoms with van der Waals surface area (Å²) in [5, 5.41) is 9.20. The average molecular weight is 294 g/mol. The van der Waals surface area contributed by atoms with Crippen LogP contribution in [0, 0.1) is 29.1 Å². The lowest BCUT2D eigenvalue weighted by Crippen LogP contribution is -2.31. The van der Waals surface area contributed by atoms with E-state index in [0.29, 0.717) is 0 Å². The summed E-state index contributed by atoms with van der Waals surface area (Å²) in [7, 11) is -2.34. The highest BCUT2D eigenvalue weighted by atomic mass is 19.2. The molecule has 0 aliphatic carbocycles. The number of aromatic amines is 1. The van der Waals surface area contributed by atoms with Crippen molar-refractivity contribution in [3.8, 4) is 11.8 Å². The lowest BCUT2D eigenvalue weighted by atomic mass is 10.2. The lowest BCUT2D eigenvalue weighted by molar-refractivity contribution is 0.264. The van der Waals surface area contributed by atoms with E-state index in [9.17, 15) is 27.0 Å². The summed E-state index contributed by atoms with van der Waals surface area (Å²) in [6.07, 6.45) is 2.51. The van der Waals surface area contributed by atoms with Gasteiger partial charge in [0.2, 0.25) is 29.1 Å². The molecule has 5 nitrogen and oxygen atoms in total. The van der Waals surface area contributed by atoms with Gasteiger partial charge in [0.25, 0.3) is 6.01 Å². The molecule has 0 aliphatic rings. The van der Waals surface area contributed by atoms with Gasteiger partial charge in [0.1, 0.15) is 0 Å². The third-order valence-electron chi connectivity index (χ3n) is 2.07. The standard InChI is InChI=1S/C9H4BF5N2O3/c11-3-4(12)6(14)8(7(15)5(3)13)19-10(18)20-9-16-1-2-17-9/h1-2,18H,(H,16,17). The van der Waals surface area contributed by atoms with Crippen molar-refractivity contribution in [2.75, 3.05) is 0 Å². The SMILES string of the molecule is OB(Oc1ncc[nH]1)Oc1c(F)c(F)c(F)c(F)c1F. The Balaban J connectivity index is 2.25. The van der Waals surface area contributed by atoms with Gasteiger partial charge in [0.15, 0.2) is 5.75 Å². The highest BCUT2D eigenvalue weighted by Crippen LogP contribution is 2.29. The maximum atomic E-state index is 13.2. The number of H-pyrrole nitrogens is 1. The molecule has 0 saturated heterocycles. The average Bonchev–Trinajstić information content (AvgIpc) is 2.92. The van der Waals surface area contributed by atoms with Crippen LogP contribution in [0.4, 0.5) is 22.0 Å². The molecule has 1 aromatic carbocycles. The zero-order valence-corrected chi connectivity index (χ0v) is 9.33. The first-order chi connectivity index (χ1) is 9.41. The van der Waals surface area contributed by atoms with E-state index in [2.05, 4.69) is 19.3 Å². The summed E-state index contributed by atoms with van der Waals surface area (Å²) < 4.78 is 73.5. The predicted molar refractivity (Wildman–Crippen MR) is 54.0 cm³/mol. The van der Waals surface area contributed by atoms with Crippen LogP contribution in [0.1, 0.15) is 0 Å². The van der Waals surface area contributed by atoms with Crippen molar-refractivity contribution in [2.24, 2.45) is 0 Å². The third-order valence-corrected chi connectivity index (χ3v) is 2.07. The van der Waals surface area contributed by atoms with Crippen LogP contribution in [-0.4, -0.2) is 22.3 Å². The van der Waals surface area contributed by atoms with Gasteiger partial charge in [0, 0.05) is 12.4 Å². The van der Waals surface area contributed by atoms with Crippen molar-refractivity contribution in [3.05, 3.63) is 41.5 Å². The number of nitrogens with zero attached hydrogens (tertiary/aromatic N) is 1. The smallest absolute Gasteiger partial charge is 0.496 e. The van der Waals surface area contributed by atoms with E-state index in [0.717, 1.165) is 0 Å². The van der Waals surface area contributed by atoms with Gasteiger partial charge in [0.05, 0.1) is 0 Å². The monoisotopic (exact) mass is 294 g/mol. The molecule has 106 valence electrons. The number of aromatic nitrogens is 2. The van der Waals surface area contributed by atoms with E-state index in [1.165, 1.54) is 12.4 Å². The van der Waals surface area contributed by atoms with E-state index in [4.69, 9.17) is 0 Å². The highest BCUT2D eigenvalue weighted by Gasteiger charge is 2.32. The fourth-order valence-electron chi connectivity index (χ4n) is 1.22. The highest BCUT2D eigenvalue weighted by molar-refractivity contribution is 6.36. The molecule has 0 spiro atoms. The Morgan fingerprint density at radius 1 is 0.950 bits per heavy atom. The summed E-state index contributed by atoms with van der Waals surface area (Å²) in [5.74, 6) is -12.9. The molecule has 2 N–H and O–H groups in total. The van der Waals surface area contributed by atoms with Crippen molar-refractivity contribution >= 4 is 7.32 Å². The minimum absolute atomic E-state index is 0.290. The molecule has 0 aliphatic heterocycles. The molecule has 0 unspecified atom stereocenters. The summed E-state index contributed by atoms with van der Waals surface area (Å²) in [5.41, 5.74) is 0. The molecule has 1 aromatic heterocycles. The number of rotatable bonds is 4. The number of nitrogens with one attached hydrogen (secondary N) is 1. The Bertz CT molecular complexity index is 596. The molecular formula is C9H4BF5N2O3. The van der Waals surface area contributed by atoms with Gasteiger partial charge in [-0.15, -0.1) is 0 Å². The summed E-state index contributed by atoms with van der Waals surface area (Å²) in [6.45, 7) is 0. The normalized spacial score (nSPS) is 10.5. The van der Waals surface area contributed by atoms with Gasteiger partial charge in [-0.25, -0.2) is 18.2 Å². The van der Waals surface area contributed by atoms with Gasteiger partial charge in [-0.1, -0.05) is 0 Å². The number of hydrogen-bond acceptors (Lipinski definition) is 4. The number of hydrogen-bond donors (Lipinski definition) is 2. The van der Waals surface area contributed by atoms with Gasteiger partial charge < -0.3 is 19.3 Å². The molecular weight excluding hydrogens is 290 g/mol. The van der Waals surface area contributed by atoms with E-state index in [1.807, 2.05) is 0 Å². The van der Waals surface area contributed by atoms with Crippen molar-refractivity contribution in [3.63, 3.8) is 0 Å². The molecule has 2 rings (SSSR count). The maximum absolute atomic E-state index is 13.2. The molecule has 0 amide bonds. The second-order valence-corrected chi connectivity index (χ2v) is 3.34. The van der Waals surface area contributed by atoms with Gasteiger partial charge in [-0.05, 0) is 0 Å². The van der Waals surface area contributed by atoms with Gasteiger partial charge in [-0.3, -0.25) is 0 Å². The van der Waals surface area contributed by atoms with Crippen LogP contribution in [-0.2, 0) is 0 Å². The molecule has 0 fully saturated rings. The van der Waals surface area contributed by atoms with Crippen LogP contribution in [0.15, 0.2) is 12.4 Å². The second kappa shape index (κ2) is 5.37. The van der Waals surface area contributed by atoms with Crippen LogP contribution in [0.2, 0.25) is 0 Å². The number of imidazole rings is 1. The zero-order chi connectivity index (χ0) is 14.9. The molecule has 0 bridgehead atoms. The molecule has 0 radical (unpaired) electrons. The molecule has 11 heteroatoms. The predicted octanol–water partition coefficient (Wildman–Crippen LogP) is 1.54. The second-order valence-electron chi connectivity index (χ2n) is 3.34. The Morgan fingerprint density at radius 3 is 2.00 bits per heavy atom. The van der Waals surface area contributed by atoms with E-state index < -0.39 is 42.2 Å². The molecule has 2 aromatic rings. The first-order valence-corrected chi connectivity index (χ1v) is 4.94. The first-order valence-electron chi connectivity index (χ1n) is 4.94. The summed E-state index contributed by atoms with van der Waals surface area (Å²) in [6, 6.07) is -0.290. The van der Waals surface area contributed by atoms with Gasteiger partial charge in [-0.2, -0.15) is 8.78 Å². The van der Waals surface area contributed by atoms with E-state index in [1.54, 1.807) is 0 Å². The first kappa shape index (κ1) is 14.1. The zero-order valence-electron chi connectivity index (χ0n) is 9.33. The summed E-state index contributed by atoms with van der Waals surface area (Å²) in [4.78, 5) is 5.82. The number of benzene rings is 1. The van der Waals surface area contributed by atoms with Crippen molar-refractivity contribution < 1.29 is 36.3 Å². The maximum Gasteiger partial charge on any atom is 0.787 e. The summed E-state index contributed by atoms with van der Waals surface area (Å²) >= 11 is 0. The quantitative estimate of drug-likeness (QED) is 0.388. The van der Waals surface area contributed by atoms with Crippen molar-refractivity contribution in [2.45, 2.75) is 0 Å². The Morgan fingerprint density at radius 2 is 1.50 bits per heavy atom. The van der Waals surface area contributed by atoms with Crippen molar-refractivity contribution in [1.29, 1.82) is 0 Å². The Hall–Kier alpha value is -2.30. The van der Waals surface area contributed by atoms with Crippen LogP contribution >= 0.6 is 0 Å². The van der Waals surface area contributed by atoms with Crippen LogP contribution in [0.5, 0.6) is 11.8 Å². The topological polar surface area (TPSA) is 67.4 Å². The third kappa shape index (κ3) is 2.52. The van der Waals surface area contributed by atoms with Crippen LogP contribution in [0.25, 0.3) is 0 Å². The van der Waals surface area contributed by atoms with Gasteiger partial charge >= 0.3 is 7.32 Å². The molecule has 20 heavy (non-hydrogen) atoms. The molecule has 0 saturated carbocycles. The Kier molecular flexibility index (Phi) is 3.79. The van der Waals surface area contributed by atoms with Crippen molar-refractivity contribution in [1.82, 2.24) is 9.97 Å². The minimum Gasteiger partial charge on any atom is -0.496 e. The molecule has 0 atom stereocenters.